The van der Waals surface area contributed by atoms with E-state index in [1.165, 1.54) is 5.56 Å². The van der Waals surface area contributed by atoms with Gasteiger partial charge >= 0.3 is 6.01 Å². The molecular weight excluding hydrogens is 470 g/mol. The van der Waals surface area contributed by atoms with Crippen molar-refractivity contribution >= 4 is 23.3 Å². The molecule has 2 aromatic carbocycles. The molecule has 37 heavy (non-hydrogen) atoms. The fraction of sp³-hybridized carbons (Fsp3) is 0.308. The predicted molar refractivity (Wildman–Crippen MR) is 141 cm³/mol. The average Bonchev–Trinajstić information content (AvgIpc) is 2.92. The lowest BCUT2D eigenvalue weighted by Gasteiger charge is -2.27. The zero-order chi connectivity index (χ0) is 25.7. The first kappa shape index (κ1) is 25.5. The third-order valence-corrected chi connectivity index (χ3v) is 5.33. The van der Waals surface area contributed by atoms with E-state index in [1.807, 2.05) is 61.6 Å². The summed E-state index contributed by atoms with van der Waals surface area (Å²) in [6.07, 6.45) is 1.88. The summed E-state index contributed by atoms with van der Waals surface area (Å²) in [7, 11) is 0. The highest BCUT2D eigenvalue weighted by Crippen LogP contribution is 2.23. The van der Waals surface area contributed by atoms with E-state index in [-0.39, 0.29) is 19.2 Å². The van der Waals surface area contributed by atoms with Gasteiger partial charge in [-0.15, -0.1) is 5.11 Å². The number of azo groups is 1. The van der Waals surface area contributed by atoms with Crippen LogP contribution in [0, 0.1) is 18.4 Å². The number of nitrogens with zero attached hydrogens (tertiary/aromatic N) is 7. The van der Waals surface area contributed by atoms with Crippen molar-refractivity contribution in [2.75, 3.05) is 49.7 Å². The van der Waals surface area contributed by atoms with E-state index in [1.54, 1.807) is 6.07 Å². The number of nitrogens with one attached hydrogen (secondary N) is 2. The number of morpholine rings is 1. The molecule has 3 aromatic rings. The molecule has 0 spiro atoms. The number of hydrogen-bond donors (Lipinski definition) is 2. The molecule has 1 fully saturated rings. The molecule has 0 unspecified atom stereocenters. The van der Waals surface area contributed by atoms with E-state index in [9.17, 15) is 0 Å². The number of anilines is 2. The number of nitriles is 1. The van der Waals surface area contributed by atoms with Gasteiger partial charge in [0.15, 0.2) is 12.0 Å². The maximum Gasteiger partial charge on any atom is 0.320 e. The SMILES string of the molecule is Cc1cccc(CN=Nc2cc(N3CCOCC3)nc(OCCN=C(NC#N)Nc3ccccc3)n2)c1. The Labute approximate surface area is 215 Å². The molecule has 0 atom stereocenters. The van der Waals surface area contributed by atoms with Crippen LogP contribution in [0.4, 0.5) is 17.3 Å². The lowest BCUT2D eigenvalue weighted by molar-refractivity contribution is 0.122. The number of hydrogen-bond acceptors (Lipinski definition) is 9. The van der Waals surface area contributed by atoms with Gasteiger partial charge in [-0.25, -0.2) is 4.99 Å². The molecule has 11 nitrogen and oxygen atoms in total. The molecule has 4 rings (SSSR count). The van der Waals surface area contributed by atoms with Gasteiger partial charge in [-0.2, -0.15) is 20.3 Å². The summed E-state index contributed by atoms with van der Waals surface area (Å²) < 4.78 is 11.3. The number of aliphatic imine (C=N–C) groups is 1. The molecule has 0 radical (unpaired) electrons. The first-order chi connectivity index (χ1) is 18.2. The van der Waals surface area contributed by atoms with Gasteiger partial charge in [0, 0.05) is 24.8 Å². The van der Waals surface area contributed by atoms with Crippen LogP contribution >= 0.6 is 0 Å². The molecule has 0 aliphatic carbocycles. The van der Waals surface area contributed by atoms with Crippen LogP contribution in [0.1, 0.15) is 11.1 Å². The quantitative estimate of drug-likeness (QED) is 0.113. The Hall–Kier alpha value is -4.56. The predicted octanol–water partition coefficient (Wildman–Crippen LogP) is 3.82. The van der Waals surface area contributed by atoms with E-state index in [4.69, 9.17) is 14.7 Å². The van der Waals surface area contributed by atoms with Gasteiger partial charge in [0.2, 0.25) is 5.96 Å². The molecule has 190 valence electrons. The maximum atomic E-state index is 9.03. The van der Waals surface area contributed by atoms with Crippen LogP contribution in [-0.2, 0) is 11.3 Å². The standard InChI is InChI=1S/C26H29N9O2/c1-20-6-5-7-21(16-20)18-30-34-23-17-24(35-11-14-36-15-12-35)33-26(32-23)37-13-10-28-25(29-19-27)31-22-8-3-2-4-9-22/h2-9,16-17H,10-15,18H2,1H3,(H2,28,29,31). The lowest BCUT2D eigenvalue weighted by Crippen LogP contribution is -2.36. The number of aryl methyl sites for hydroxylation is 1. The van der Waals surface area contributed by atoms with Gasteiger partial charge in [-0.1, -0.05) is 48.0 Å². The van der Waals surface area contributed by atoms with Crippen LogP contribution in [0.5, 0.6) is 6.01 Å². The van der Waals surface area contributed by atoms with Gasteiger partial charge in [-0.05, 0) is 24.6 Å². The van der Waals surface area contributed by atoms with Crippen molar-refractivity contribution in [1.82, 2.24) is 15.3 Å². The summed E-state index contributed by atoms with van der Waals surface area (Å²) in [6.45, 7) is 5.67. The lowest BCUT2D eigenvalue weighted by atomic mass is 10.1. The molecule has 1 aromatic heterocycles. The summed E-state index contributed by atoms with van der Waals surface area (Å²) in [5, 5.41) is 23.3. The summed E-state index contributed by atoms with van der Waals surface area (Å²) in [4.78, 5) is 15.4. The highest BCUT2D eigenvalue weighted by atomic mass is 16.5. The first-order valence-electron chi connectivity index (χ1n) is 12.0. The molecule has 0 saturated carbocycles. The van der Waals surface area contributed by atoms with Crippen molar-refractivity contribution in [3.8, 4) is 12.2 Å². The summed E-state index contributed by atoms with van der Waals surface area (Å²) in [5.41, 5.74) is 3.06. The zero-order valence-corrected chi connectivity index (χ0v) is 20.7. The molecule has 11 heteroatoms. The molecule has 0 amide bonds. The van der Waals surface area contributed by atoms with Crippen molar-refractivity contribution in [2.45, 2.75) is 13.5 Å². The minimum Gasteiger partial charge on any atom is -0.461 e. The molecular formula is C26H29N9O2. The first-order valence-corrected chi connectivity index (χ1v) is 12.0. The molecule has 0 bridgehead atoms. The Kier molecular flexibility index (Phi) is 9.32. The normalized spacial score (nSPS) is 13.8. The fourth-order valence-electron chi connectivity index (χ4n) is 3.59. The minimum atomic E-state index is 0.189. The molecule has 2 N–H and O–H groups in total. The largest absolute Gasteiger partial charge is 0.461 e. The van der Waals surface area contributed by atoms with Crippen LogP contribution in [0.2, 0.25) is 0 Å². The smallest absolute Gasteiger partial charge is 0.320 e. The van der Waals surface area contributed by atoms with Crippen molar-refractivity contribution < 1.29 is 9.47 Å². The monoisotopic (exact) mass is 499 g/mol. The van der Waals surface area contributed by atoms with Gasteiger partial charge in [0.25, 0.3) is 0 Å². The van der Waals surface area contributed by atoms with Crippen molar-refractivity contribution in [1.29, 1.82) is 5.26 Å². The zero-order valence-electron chi connectivity index (χ0n) is 20.7. The highest BCUT2D eigenvalue weighted by Gasteiger charge is 2.15. The second-order valence-electron chi connectivity index (χ2n) is 8.16. The maximum absolute atomic E-state index is 9.03. The second-order valence-corrected chi connectivity index (χ2v) is 8.16. The van der Waals surface area contributed by atoms with Crippen LogP contribution in [0.3, 0.4) is 0 Å². The molecule has 1 aliphatic rings. The number of aromatic nitrogens is 2. The molecule has 1 aliphatic heterocycles. The van der Waals surface area contributed by atoms with Crippen LogP contribution in [0.15, 0.2) is 75.9 Å². The third-order valence-electron chi connectivity index (χ3n) is 5.33. The van der Waals surface area contributed by atoms with E-state index < -0.39 is 0 Å². The van der Waals surface area contributed by atoms with Gasteiger partial charge in [0.1, 0.15) is 12.4 Å². The van der Waals surface area contributed by atoms with Gasteiger partial charge in [-0.3, -0.25) is 5.32 Å². The van der Waals surface area contributed by atoms with Crippen LogP contribution < -0.4 is 20.3 Å². The summed E-state index contributed by atoms with van der Waals surface area (Å²) in [5.74, 6) is 1.45. The Balaban J connectivity index is 1.42. The van der Waals surface area contributed by atoms with Gasteiger partial charge < -0.3 is 19.7 Å². The number of rotatable bonds is 9. The third kappa shape index (κ3) is 8.26. The number of benzene rings is 2. The van der Waals surface area contributed by atoms with Crippen molar-refractivity contribution in [3.05, 3.63) is 71.8 Å². The number of guanidine groups is 1. The van der Waals surface area contributed by atoms with E-state index in [2.05, 4.69) is 46.8 Å². The second kappa shape index (κ2) is 13.5. The topological polar surface area (TPSA) is 132 Å². The van der Waals surface area contributed by atoms with Gasteiger partial charge in [0.05, 0.1) is 26.3 Å². The minimum absolute atomic E-state index is 0.189. The number of ether oxygens (including phenoxy) is 2. The summed E-state index contributed by atoms with van der Waals surface area (Å²) >= 11 is 0. The summed E-state index contributed by atoms with van der Waals surface area (Å²) in [6, 6.07) is 19.6. The van der Waals surface area contributed by atoms with E-state index in [0.717, 1.165) is 24.3 Å². The van der Waals surface area contributed by atoms with E-state index >= 15 is 0 Å². The average molecular weight is 500 g/mol. The highest BCUT2D eigenvalue weighted by molar-refractivity contribution is 5.94. The molecule has 2 heterocycles. The Morgan fingerprint density at radius 2 is 1.95 bits per heavy atom. The van der Waals surface area contributed by atoms with Crippen molar-refractivity contribution in [2.24, 2.45) is 15.2 Å². The number of para-hydroxylation sites is 1. The van der Waals surface area contributed by atoms with E-state index in [0.29, 0.717) is 37.4 Å². The Morgan fingerprint density at radius 3 is 2.73 bits per heavy atom. The molecule has 1 saturated heterocycles. The fourth-order valence-corrected chi connectivity index (χ4v) is 3.59. The Bertz CT molecular complexity index is 1250. The van der Waals surface area contributed by atoms with Crippen molar-refractivity contribution in [3.63, 3.8) is 0 Å². The van der Waals surface area contributed by atoms with Crippen LogP contribution in [-0.4, -0.2) is 55.4 Å². The Morgan fingerprint density at radius 1 is 1.11 bits per heavy atom. The van der Waals surface area contributed by atoms with Crippen LogP contribution in [0.25, 0.3) is 0 Å².